The molecule has 1 rings (SSSR count). The van der Waals surface area contributed by atoms with Crippen LogP contribution in [0.1, 0.15) is 39.5 Å². The number of ether oxygens (including phenoxy) is 1. The van der Waals surface area contributed by atoms with E-state index in [0.29, 0.717) is 0 Å². The molecule has 0 saturated carbocycles. The molecule has 0 aromatic heterocycles. The van der Waals surface area contributed by atoms with Crippen LogP contribution < -0.4 is 5.32 Å². The first-order valence-electron chi connectivity index (χ1n) is 7.17. The first-order chi connectivity index (χ1) is 8.22. The standard InChI is InChI=1S/C14H30N2O/c1-13(2)11-16(9-4-5-10-17-3)12-14-7-6-8-15-14/h13-15H,4-12H2,1-3H3. The molecule has 1 aliphatic heterocycles. The molecule has 3 heteroatoms. The van der Waals surface area contributed by atoms with Crippen LogP contribution in [0.3, 0.4) is 0 Å². The average molecular weight is 242 g/mol. The van der Waals surface area contributed by atoms with Gasteiger partial charge in [0, 0.05) is 32.8 Å². The van der Waals surface area contributed by atoms with Gasteiger partial charge in [-0.3, -0.25) is 0 Å². The molecule has 17 heavy (non-hydrogen) atoms. The van der Waals surface area contributed by atoms with Crippen LogP contribution in [0.5, 0.6) is 0 Å². The van der Waals surface area contributed by atoms with Gasteiger partial charge in [-0.25, -0.2) is 0 Å². The summed E-state index contributed by atoms with van der Waals surface area (Å²) in [5.41, 5.74) is 0. The number of rotatable bonds is 9. The number of hydrogen-bond acceptors (Lipinski definition) is 3. The highest BCUT2D eigenvalue weighted by atomic mass is 16.5. The van der Waals surface area contributed by atoms with Crippen LogP contribution in [0.15, 0.2) is 0 Å². The zero-order valence-corrected chi connectivity index (χ0v) is 11.9. The van der Waals surface area contributed by atoms with Crippen LogP contribution >= 0.6 is 0 Å². The third kappa shape index (κ3) is 7.02. The van der Waals surface area contributed by atoms with Gasteiger partial charge in [-0.15, -0.1) is 0 Å². The van der Waals surface area contributed by atoms with E-state index in [-0.39, 0.29) is 0 Å². The van der Waals surface area contributed by atoms with E-state index in [0.717, 1.165) is 18.6 Å². The van der Waals surface area contributed by atoms with Crippen LogP contribution in [-0.2, 0) is 4.74 Å². The number of nitrogens with zero attached hydrogens (tertiary/aromatic N) is 1. The third-order valence-electron chi connectivity index (χ3n) is 3.34. The Balaban J connectivity index is 2.21. The second-order valence-corrected chi connectivity index (χ2v) is 5.65. The van der Waals surface area contributed by atoms with Crippen molar-refractivity contribution in [2.75, 3.05) is 39.9 Å². The molecule has 1 heterocycles. The van der Waals surface area contributed by atoms with Crippen molar-refractivity contribution in [3.8, 4) is 0 Å². The van der Waals surface area contributed by atoms with Crippen molar-refractivity contribution in [2.24, 2.45) is 5.92 Å². The zero-order valence-electron chi connectivity index (χ0n) is 11.9. The summed E-state index contributed by atoms with van der Waals surface area (Å²) in [7, 11) is 1.79. The summed E-state index contributed by atoms with van der Waals surface area (Å²) in [5.74, 6) is 0.763. The second-order valence-electron chi connectivity index (χ2n) is 5.65. The lowest BCUT2D eigenvalue weighted by Crippen LogP contribution is -2.39. The van der Waals surface area contributed by atoms with Gasteiger partial charge in [0.1, 0.15) is 0 Å². The van der Waals surface area contributed by atoms with E-state index < -0.39 is 0 Å². The minimum atomic E-state index is 0.733. The van der Waals surface area contributed by atoms with E-state index >= 15 is 0 Å². The average Bonchev–Trinajstić information content (AvgIpc) is 2.76. The highest BCUT2D eigenvalue weighted by Crippen LogP contribution is 2.09. The maximum Gasteiger partial charge on any atom is 0.0462 e. The Kier molecular flexibility index (Phi) is 7.82. The number of hydrogen-bond donors (Lipinski definition) is 1. The van der Waals surface area contributed by atoms with Gasteiger partial charge in [0.15, 0.2) is 0 Å². The Labute approximate surface area is 107 Å². The smallest absolute Gasteiger partial charge is 0.0462 e. The number of unbranched alkanes of at least 4 members (excludes halogenated alkanes) is 1. The summed E-state index contributed by atoms with van der Waals surface area (Å²) in [6.45, 7) is 10.4. The van der Waals surface area contributed by atoms with Crippen LogP contribution in [0.2, 0.25) is 0 Å². The molecular weight excluding hydrogens is 212 g/mol. The van der Waals surface area contributed by atoms with Crippen molar-refractivity contribution in [3.05, 3.63) is 0 Å². The molecule has 0 aromatic carbocycles. The Hall–Kier alpha value is -0.120. The molecule has 0 bridgehead atoms. The first-order valence-corrected chi connectivity index (χ1v) is 7.17. The molecule has 1 atom stereocenters. The molecule has 0 amide bonds. The molecule has 1 fully saturated rings. The van der Waals surface area contributed by atoms with E-state index in [1.807, 2.05) is 0 Å². The minimum Gasteiger partial charge on any atom is -0.385 e. The Bertz CT molecular complexity index is 179. The molecule has 1 N–H and O–H groups in total. The maximum atomic E-state index is 5.11. The lowest BCUT2D eigenvalue weighted by molar-refractivity contribution is 0.176. The quantitative estimate of drug-likeness (QED) is 0.627. The van der Waals surface area contributed by atoms with E-state index in [1.165, 1.54) is 51.9 Å². The maximum absolute atomic E-state index is 5.11. The van der Waals surface area contributed by atoms with E-state index in [1.54, 1.807) is 7.11 Å². The Morgan fingerprint density at radius 1 is 1.35 bits per heavy atom. The van der Waals surface area contributed by atoms with Crippen molar-refractivity contribution >= 4 is 0 Å². The van der Waals surface area contributed by atoms with Gasteiger partial charge in [-0.2, -0.15) is 0 Å². The molecule has 0 spiro atoms. The molecule has 0 aliphatic carbocycles. The molecule has 1 saturated heterocycles. The van der Waals surface area contributed by atoms with E-state index in [4.69, 9.17) is 4.74 Å². The molecule has 0 aromatic rings. The van der Waals surface area contributed by atoms with Gasteiger partial charge in [0.2, 0.25) is 0 Å². The van der Waals surface area contributed by atoms with Crippen LogP contribution in [0.4, 0.5) is 0 Å². The van der Waals surface area contributed by atoms with Gasteiger partial charge in [-0.1, -0.05) is 13.8 Å². The highest BCUT2D eigenvalue weighted by molar-refractivity contribution is 4.78. The Morgan fingerprint density at radius 2 is 2.18 bits per heavy atom. The van der Waals surface area contributed by atoms with Crippen molar-refractivity contribution in [1.29, 1.82) is 0 Å². The third-order valence-corrected chi connectivity index (χ3v) is 3.34. The largest absolute Gasteiger partial charge is 0.385 e. The summed E-state index contributed by atoms with van der Waals surface area (Å²) < 4.78 is 5.11. The van der Waals surface area contributed by atoms with Crippen LogP contribution in [-0.4, -0.2) is 50.8 Å². The van der Waals surface area contributed by atoms with Gasteiger partial charge < -0.3 is 15.0 Å². The lowest BCUT2D eigenvalue weighted by atomic mass is 10.1. The van der Waals surface area contributed by atoms with Crippen LogP contribution in [0.25, 0.3) is 0 Å². The van der Waals surface area contributed by atoms with Crippen molar-refractivity contribution in [3.63, 3.8) is 0 Å². The predicted molar refractivity (Wildman–Crippen MR) is 73.4 cm³/mol. The summed E-state index contributed by atoms with van der Waals surface area (Å²) in [5, 5.41) is 3.60. The normalized spacial score (nSPS) is 20.6. The summed E-state index contributed by atoms with van der Waals surface area (Å²) in [6, 6.07) is 0.733. The number of methoxy groups -OCH3 is 1. The highest BCUT2D eigenvalue weighted by Gasteiger charge is 2.18. The molecule has 1 unspecified atom stereocenters. The van der Waals surface area contributed by atoms with Gasteiger partial charge in [-0.05, 0) is 44.7 Å². The summed E-state index contributed by atoms with van der Waals surface area (Å²) in [4.78, 5) is 2.63. The Morgan fingerprint density at radius 3 is 2.76 bits per heavy atom. The molecule has 3 nitrogen and oxygen atoms in total. The second kappa shape index (κ2) is 8.90. The van der Waals surface area contributed by atoms with Crippen molar-refractivity contribution in [1.82, 2.24) is 10.2 Å². The first kappa shape index (κ1) is 14.9. The van der Waals surface area contributed by atoms with E-state index in [2.05, 4.69) is 24.1 Å². The van der Waals surface area contributed by atoms with Crippen molar-refractivity contribution in [2.45, 2.75) is 45.6 Å². The predicted octanol–water partition coefficient (Wildman–Crippen LogP) is 2.12. The molecule has 0 radical (unpaired) electrons. The fourth-order valence-electron chi connectivity index (χ4n) is 2.58. The van der Waals surface area contributed by atoms with Crippen molar-refractivity contribution < 1.29 is 4.74 Å². The summed E-state index contributed by atoms with van der Waals surface area (Å²) in [6.07, 6.45) is 5.15. The monoisotopic (exact) mass is 242 g/mol. The van der Waals surface area contributed by atoms with Gasteiger partial charge in [0.25, 0.3) is 0 Å². The molecular formula is C14H30N2O. The zero-order chi connectivity index (χ0) is 12.5. The SMILES string of the molecule is COCCCCN(CC(C)C)CC1CCCN1. The minimum absolute atomic E-state index is 0.733. The topological polar surface area (TPSA) is 24.5 Å². The molecule has 1 aliphatic rings. The van der Waals surface area contributed by atoms with E-state index in [9.17, 15) is 0 Å². The fraction of sp³-hybridized carbons (Fsp3) is 1.00. The lowest BCUT2D eigenvalue weighted by Gasteiger charge is -2.27. The summed E-state index contributed by atoms with van der Waals surface area (Å²) >= 11 is 0. The molecule has 102 valence electrons. The van der Waals surface area contributed by atoms with Gasteiger partial charge in [0.05, 0.1) is 0 Å². The van der Waals surface area contributed by atoms with Crippen LogP contribution in [0, 0.1) is 5.92 Å². The number of nitrogens with one attached hydrogen (secondary N) is 1. The van der Waals surface area contributed by atoms with Gasteiger partial charge >= 0.3 is 0 Å². The fourth-order valence-corrected chi connectivity index (χ4v) is 2.58.